The van der Waals surface area contributed by atoms with E-state index in [1.165, 1.54) is 23.4 Å². The number of carbonyl (C=O) groups excluding carboxylic acids is 3. The van der Waals surface area contributed by atoms with Gasteiger partial charge in [-0.3, -0.25) is 29.7 Å². The third kappa shape index (κ3) is 5.71. The molecular formula is C38H44N8O3. The van der Waals surface area contributed by atoms with Gasteiger partial charge >= 0.3 is 0 Å². The Morgan fingerprint density at radius 1 is 0.980 bits per heavy atom. The fraction of sp³-hybridized carbons (Fsp3) is 0.500. The maximum atomic E-state index is 13.6. The molecule has 5 heterocycles. The molecule has 2 aromatic heterocycles. The van der Waals surface area contributed by atoms with E-state index in [-0.39, 0.29) is 23.6 Å². The maximum Gasteiger partial charge on any atom is 0.254 e. The van der Waals surface area contributed by atoms with Crippen molar-refractivity contribution in [2.45, 2.75) is 57.8 Å². The number of rotatable bonds is 6. The minimum absolute atomic E-state index is 0.0831. The highest BCUT2D eigenvalue weighted by Gasteiger charge is 2.53. The number of piperidine rings is 2. The Morgan fingerprint density at radius 2 is 1.78 bits per heavy atom. The molecule has 5 aliphatic rings. The Bertz CT molecular complexity index is 1930. The van der Waals surface area contributed by atoms with E-state index in [1.807, 2.05) is 35.2 Å². The molecule has 49 heavy (non-hydrogen) atoms. The molecule has 3 atom stereocenters. The van der Waals surface area contributed by atoms with Crippen LogP contribution in [0.5, 0.6) is 0 Å². The molecule has 1 saturated carbocycles. The number of H-pyrrole nitrogens is 2. The van der Waals surface area contributed by atoms with Gasteiger partial charge in [0.05, 0.1) is 17.0 Å². The van der Waals surface area contributed by atoms with Crippen molar-refractivity contribution >= 4 is 34.4 Å². The fourth-order valence-corrected chi connectivity index (χ4v) is 8.89. The van der Waals surface area contributed by atoms with E-state index in [0.717, 1.165) is 106 Å². The Kier molecular flexibility index (Phi) is 7.37. The van der Waals surface area contributed by atoms with E-state index in [9.17, 15) is 14.4 Å². The number of aromatic amines is 2. The molecule has 0 bridgehead atoms. The van der Waals surface area contributed by atoms with E-state index in [0.29, 0.717) is 29.7 Å². The highest BCUT2D eigenvalue weighted by Crippen LogP contribution is 2.59. The molecule has 4 aromatic rings. The SMILES string of the molecule is C[C@@]12Cc3[nH]nc(-c4nc5ccc(C(=O)N6CCN(CC7CCN(c8ccc(C9CCC(=O)NC9=O)cc8)CC7)CC6)cc5[nH]4)c3C[C@@H]1C2. The van der Waals surface area contributed by atoms with Crippen LogP contribution in [0.25, 0.3) is 22.6 Å². The summed E-state index contributed by atoms with van der Waals surface area (Å²) in [6.45, 7) is 8.75. The van der Waals surface area contributed by atoms with E-state index in [2.05, 4.69) is 49.4 Å². The van der Waals surface area contributed by atoms with Crippen molar-refractivity contribution in [3.05, 3.63) is 64.8 Å². The summed E-state index contributed by atoms with van der Waals surface area (Å²) < 4.78 is 0. The first-order valence-electron chi connectivity index (χ1n) is 18.1. The number of hydrogen-bond donors (Lipinski definition) is 3. The average Bonchev–Trinajstić information content (AvgIpc) is 3.38. The third-order valence-electron chi connectivity index (χ3n) is 12.2. The molecule has 3 N–H and O–H groups in total. The minimum atomic E-state index is -0.242. The summed E-state index contributed by atoms with van der Waals surface area (Å²) in [6, 6.07) is 14.1. The Balaban J connectivity index is 0.763. The first kappa shape index (κ1) is 30.5. The summed E-state index contributed by atoms with van der Waals surface area (Å²) in [5, 5.41) is 10.4. The lowest BCUT2D eigenvalue weighted by Gasteiger charge is -2.39. The van der Waals surface area contributed by atoms with Crippen molar-refractivity contribution < 1.29 is 14.4 Å². The third-order valence-corrected chi connectivity index (χ3v) is 12.2. The first-order chi connectivity index (χ1) is 23.8. The number of hydrogen-bond acceptors (Lipinski definition) is 7. The van der Waals surface area contributed by atoms with Gasteiger partial charge in [-0.15, -0.1) is 0 Å². The summed E-state index contributed by atoms with van der Waals surface area (Å²) in [5.41, 5.74) is 8.53. The minimum Gasteiger partial charge on any atom is -0.372 e. The van der Waals surface area contributed by atoms with Gasteiger partial charge in [-0.1, -0.05) is 19.1 Å². The van der Waals surface area contributed by atoms with Gasteiger partial charge in [0.25, 0.3) is 5.91 Å². The van der Waals surface area contributed by atoms with Crippen molar-refractivity contribution in [2.75, 3.05) is 50.7 Å². The lowest BCUT2D eigenvalue weighted by Crippen LogP contribution is -2.50. The summed E-state index contributed by atoms with van der Waals surface area (Å²) in [7, 11) is 0. The van der Waals surface area contributed by atoms with Crippen LogP contribution in [0.15, 0.2) is 42.5 Å². The van der Waals surface area contributed by atoms with Gasteiger partial charge < -0.3 is 14.8 Å². The van der Waals surface area contributed by atoms with Crippen molar-refractivity contribution in [1.29, 1.82) is 0 Å². The Hall–Kier alpha value is -4.51. The highest BCUT2D eigenvalue weighted by atomic mass is 16.2. The standard InChI is InChI=1S/C38H44N8O3/c1-38-20-26(38)19-29-32(21-38)42-43-34(29)35-39-30-8-4-25(18-31(30)40-35)37(49)46-16-14-44(15-17-46)22-23-10-12-45(13-11-23)27-5-2-24(3-6-27)28-7-9-33(47)41-36(28)48/h2-6,8,18,23,26,28H,7,9-17,19-22H2,1H3,(H,39,40)(H,42,43)(H,41,47,48)/t26-,28?,38-/m1/s1. The van der Waals surface area contributed by atoms with Crippen LogP contribution in [0.2, 0.25) is 0 Å². The smallest absolute Gasteiger partial charge is 0.254 e. The monoisotopic (exact) mass is 660 g/mol. The second-order valence-electron chi connectivity index (χ2n) is 15.4. The molecule has 254 valence electrons. The molecule has 4 fully saturated rings. The van der Waals surface area contributed by atoms with Gasteiger partial charge in [0.2, 0.25) is 11.8 Å². The van der Waals surface area contributed by atoms with Crippen LogP contribution < -0.4 is 10.2 Å². The van der Waals surface area contributed by atoms with Gasteiger partial charge in [0, 0.05) is 74.7 Å². The molecule has 3 aliphatic heterocycles. The predicted octanol–water partition coefficient (Wildman–Crippen LogP) is 4.27. The van der Waals surface area contributed by atoms with Crippen LogP contribution >= 0.6 is 0 Å². The predicted molar refractivity (Wildman–Crippen MR) is 186 cm³/mol. The number of nitrogens with one attached hydrogen (secondary N) is 3. The topological polar surface area (TPSA) is 130 Å². The molecule has 3 saturated heterocycles. The number of anilines is 1. The van der Waals surface area contributed by atoms with Crippen molar-refractivity contribution in [3.63, 3.8) is 0 Å². The maximum absolute atomic E-state index is 13.6. The fourth-order valence-electron chi connectivity index (χ4n) is 8.89. The number of aromatic nitrogens is 4. The van der Waals surface area contributed by atoms with Gasteiger partial charge in [-0.05, 0) is 91.7 Å². The number of fused-ring (bicyclic) bond motifs is 3. The van der Waals surface area contributed by atoms with E-state index < -0.39 is 0 Å². The number of imidazole rings is 1. The number of amides is 3. The summed E-state index contributed by atoms with van der Waals surface area (Å²) in [4.78, 5) is 52.6. The van der Waals surface area contributed by atoms with E-state index >= 15 is 0 Å². The van der Waals surface area contributed by atoms with Crippen LogP contribution in [-0.2, 0) is 22.4 Å². The van der Waals surface area contributed by atoms with Crippen LogP contribution in [0.1, 0.15) is 72.1 Å². The second kappa shape index (κ2) is 11.8. The molecule has 0 radical (unpaired) electrons. The van der Waals surface area contributed by atoms with E-state index in [4.69, 9.17) is 4.98 Å². The lowest BCUT2D eigenvalue weighted by atomic mass is 9.88. The molecule has 11 heteroatoms. The molecule has 1 unspecified atom stereocenters. The zero-order valence-electron chi connectivity index (χ0n) is 28.1. The summed E-state index contributed by atoms with van der Waals surface area (Å²) >= 11 is 0. The van der Waals surface area contributed by atoms with E-state index in [1.54, 1.807) is 0 Å². The van der Waals surface area contributed by atoms with Gasteiger partial charge in [-0.2, -0.15) is 5.10 Å². The quantitative estimate of drug-likeness (QED) is 0.264. The van der Waals surface area contributed by atoms with Crippen LogP contribution in [-0.4, -0.2) is 93.5 Å². The molecule has 11 nitrogen and oxygen atoms in total. The van der Waals surface area contributed by atoms with Gasteiger partial charge in [-0.25, -0.2) is 4.98 Å². The number of imide groups is 1. The molecule has 2 aliphatic carbocycles. The average molecular weight is 661 g/mol. The molecule has 2 aromatic carbocycles. The highest BCUT2D eigenvalue weighted by molar-refractivity contribution is 6.01. The normalized spacial score (nSPS) is 26.1. The molecule has 0 spiro atoms. The van der Waals surface area contributed by atoms with Crippen LogP contribution in [0.4, 0.5) is 5.69 Å². The largest absolute Gasteiger partial charge is 0.372 e. The number of nitrogens with zero attached hydrogens (tertiary/aromatic N) is 5. The molecule has 3 amide bonds. The van der Waals surface area contributed by atoms with Crippen molar-refractivity contribution in [3.8, 4) is 11.5 Å². The summed E-state index contributed by atoms with van der Waals surface area (Å²) in [5.74, 6) is 1.66. The number of carbonyl (C=O) groups is 3. The molecular weight excluding hydrogens is 616 g/mol. The lowest BCUT2D eigenvalue weighted by molar-refractivity contribution is -0.134. The molecule has 9 rings (SSSR count). The van der Waals surface area contributed by atoms with Crippen molar-refractivity contribution in [1.82, 2.24) is 35.3 Å². The van der Waals surface area contributed by atoms with Crippen LogP contribution in [0.3, 0.4) is 0 Å². The Labute approximate surface area is 285 Å². The Morgan fingerprint density at radius 3 is 2.55 bits per heavy atom. The zero-order chi connectivity index (χ0) is 33.3. The van der Waals surface area contributed by atoms with Crippen molar-refractivity contribution in [2.24, 2.45) is 17.3 Å². The number of benzene rings is 2. The zero-order valence-corrected chi connectivity index (χ0v) is 28.1. The van der Waals surface area contributed by atoms with Crippen LogP contribution in [0, 0.1) is 17.3 Å². The first-order valence-corrected chi connectivity index (χ1v) is 18.1. The van der Waals surface area contributed by atoms with Gasteiger partial charge in [0.15, 0.2) is 5.82 Å². The number of piperazine rings is 1. The van der Waals surface area contributed by atoms with Gasteiger partial charge in [0.1, 0.15) is 5.69 Å². The second-order valence-corrected chi connectivity index (χ2v) is 15.4. The summed E-state index contributed by atoms with van der Waals surface area (Å²) in [6.07, 6.45) is 6.68.